The molecule has 1 aliphatic rings. The number of carbonyl (C=O) groups is 1. The monoisotopic (exact) mass is 240 g/mol. The van der Waals surface area contributed by atoms with Gasteiger partial charge in [0.1, 0.15) is 0 Å². The van der Waals surface area contributed by atoms with Gasteiger partial charge in [-0.25, -0.2) is 0 Å². The number of nitrogens with two attached hydrogens (primary N) is 1. The average molecular weight is 240 g/mol. The lowest BCUT2D eigenvalue weighted by atomic mass is 9.90. The summed E-state index contributed by atoms with van der Waals surface area (Å²) in [4.78, 5) is 15.8. The maximum atomic E-state index is 11.9. The van der Waals surface area contributed by atoms with E-state index in [4.69, 9.17) is 15.0 Å². The van der Waals surface area contributed by atoms with Crippen LogP contribution >= 0.6 is 0 Å². The number of nitrogens with one attached hydrogen (secondary N) is 1. The first-order chi connectivity index (χ1) is 8.21. The molecule has 0 radical (unpaired) electrons. The molecule has 7 heteroatoms. The van der Waals surface area contributed by atoms with E-state index in [2.05, 4.69) is 15.5 Å². The highest BCUT2D eigenvalue weighted by Crippen LogP contribution is 2.17. The lowest BCUT2D eigenvalue weighted by Crippen LogP contribution is -2.57. The highest BCUT2D eigenvalue weighted by Gasteiger charge is 2.35. The summed E-state index contributed by atoms with van der Waals surface area (Å²) in [6.45, 7) is 1.52. The molecule has 0 aromatic carbocycles. The van der Waals surface area contributed by atoms with Gasteiger partial charge in [-0.15, -0.1) is 0 Å². The SMILES string of the molecule is NC1(C(=O)NCCc2ncno2)CCOCC1. The lowest BCUT2D eigenvalue weighted by Gasteiger charge is -2.31. The third-order valence-corrected chi connectivity index (χ3v) is 2.87. The van der Waals surface area contributed by atoms with Gasteiger partial charge in [-0.3, -0.25) is 4.79 Å². The van der Waals surface area contributed by atoms with E-state index in [9.17, 15) is 4.79 Å². The van der Waals surface area contributed by atoms with E-state index in [1.54, 1.807) is 0 Å². The summed E-state index contributed by atoms with van der Waals surface area (Å²) >= 11 is 0. The molecule has 2 rings (SSSR count). The van der Waals surface area contributed by atoms with Crippen LogP contribution in [0.5, 0.6) is 0 Å². The fourth-order valence-corrected chi connectivity index (χ4v) is 1.73. The van der Waals surface area contributed by atoms with Crippen LogP contribution in [0, 0.1) is 0 Å². The highest BCUT2D eigenvalue weighted by atomic mass is 16.5. The standard InChI is InChI=1S/C10H16N4O3/c11-10(2-5-16-6-3-10)9(15)12-4-1-8-13-7-14-17-8/h7H,1-6,11H2,(H,12,15). The second-order valence-electron chi connectivity index (χ2n) is 4.11. The van der Waals surface area contributed by atoms with Gasteiger partial charge >= 0.3 is 0 Å². The molecule has 1 amide bonds. The van der Waals surface area contributed by atoms with Gasteiger partial charge in [-0.2, -0.15) is 4.98 Å². The van der Waals surface area contributed by atoms with Crippen molar-refractivity contribution in [2.24, 2.45) is 5.73 Å². The maximum absolute atomic E-state index is 11.9. The molecule has 17 heavy (non-hydrogen) atoms. The van der Waals surface area contributed by atoms with Crippen LogP contribution in [0.15, 0.2) is 10.9 Å². The molecular weight excluding hydrogens is 224 g/mol. The van der Waals surface area contributed by atoms with E-state index in [1.807, 2.05) is 0 Å². The average Bonchev–Trinajstić information content (AvgIpc) is 2.83. The van der Waals surface area contributed by atoms with Crippen LogP contribution in [0.1, 0.15) is 18.7 Å². The van der Waals surface area contributed by atoms with E-state index in [0.717, 1.165) is 0 Å². The van der Waals surface area contributed by atoms with E-state index in [-0.39, 0.29) is 5.91 Å². The van der Waals surface area contributed by atoms with Gasteiger partial charge in [0.05, 0.1) is 5.54 Å². The van der Waals surface area contributed by atoms with Crippen molar-refractivity contribution in [3.05, 3.63) is 12.2 Å². The Bertz CT molecular complexity index is 360. The molecular formula is C10H16N4O3. The summed E-state index contributed by atoms with van der Waals surface area (Å²) in [5.41, 5.74) is 5.22. The number of ether oxygens (including phenoxy) is 1. The van der Waals surface area contributed by atoms with Crippen LogP contribution in [0.2, 0.25) is 0 Å². The molecule has 1 aliphatic heterocycles. The van der Waals surface area contributed by atoms with E-state index in [0.29, 0.717) is 44.9 Å². The van der Waals surface area contributed by atoms with Gasteiger partial charge in [0.25, 0.3) is 0 Å². The number of nitrogens with zero attached hydrogens (tertiary/aromatic N) is 2. The molecule has 94 valence electrons. The summed E-state index contributed by atoms with van der Waals surface area (Å²) in [5.74, 6) is 0.365. The van der Waals surface area contributed by atoms with Crippen molar-refractivity contribution in [3.63, 3.8) is 0 Å². The smallest absolute Gasteiger partial charge is 0.240 e. The molecule has 1 aromatic heterocycles. The van der Waals surface area contributed by atoms with Crippen LogP contribution in [0.3, 0.4) is 0 Å². The Morgan fingerprint density at radius 3 is 2.94 bits per heavy atom. The fourth-order valence-electron chi connectivity index (χ4n) is 1.73. The molecule has 0 saturated carbocycles. The Balaban J connectivity index is 1.76. The van der Waals surface area contributed by atoms with Crippen LogP contribution in [-0.4, -0.2) is 41.3 Å². The summed E-state index contributed by atoms with van der Waals surface area (Å²) in [5, 5.41) is 6.27. The Hall–Kier alpha value is -1.47. The lowest BCUT2D eigenvalue weighted by molar-refractivity contribution is -0.129. The van der Waals surface area contributed by atoms with Crippen molar-refractivity contribution in [1.29, 1.82) is 0 Å². The van der Waals surface area contributed by atoms with Crippen molar-refractivity contribution < 1.29 is 14.1 Å². The van der Waals surface area contributed by atoms with Crippen molar-refractivity contribution in [1.82, 2.24) is 15.5 Å². The minimum atomic E-state index is -0.799. The fraction of sp³-hybridized carbons (Fsp3) is 0.700. The number of amides is 1. The molecule has 1 saturated heterocycles. The van der Waals surface area contributed by atoms with Crippen LogP contribution in [0.25, 0.3) is 0 Å². The van der Waals surface area contributed by atoms with Crippen molar-refractivity contribution >= 4 is 5.91 Å². The number of carbonyl (C=O) groups excluding carboxylic acids is 1. The molecule has 0 unspecified atom stereocenters. The van der Waals surface area contributed by atoms with Crippen LogP contribution < -0.4 is 11.1 Å². The minimum absolute atomic E-state index is 0.139. The normalized spacial score (nSPS) is 18.9. The zero-order valence-corrected chi connectivity index (χ0v) is 9.52. The largest absolute Gasteiger partial charge is 0.381 e. The second-order valence-corrected chi connectivity index (χ2v) is 4.11. The van der Waals surface area contributed by atoms with Gasteiger partial charge in [-0.05, 0) is 12.8 Å². The van der Waals surface area contributed by atoms with Gasteiger partial charge in [0.15, 0.2) is 6.33 Å². The maximum Gasteiger partial charge on any atom is 0.240 e. The molecule has 1 aromatic rings. The molecule has 0 atom stereocenters. The van der Waals surface area contributed by atoms with Gasteiger partial charge in [-0.1, -0.05) is 5.16 Å². The van der Waals surface area contributed by atoms with E-state index >= 15 is 0 Å². The molecule has 7 nitrogen and oxygen atoms in total. The molecule has 1 fully saturated rings. The number of rotatable bonds is 4. The summed E-state index contributed by atoms with van der Waals surface area (Å²) in [6, 6.07) is 0. The van der Waals surface area contributed by atoms with Crippen molar-refractivity contribution in [2.75, 3.05) is 19.8 Å². The third kappa shape index (κ3) is 3.01. The van der Waals surface area contributed by atoms with Crippen LogP contribution in [-0.2, 0) is 16.0 Å². The quantitative estimate of drug-likeness (QED) is 0.716. The topological polar surface area (TPSA) is 103 Å². The molecule has 0 spiro atoms. The highest BCUT2D eigenvalue weighted by molar-refractivity contribution is 5.86. The Morgan fingerprint density at radius 2 is 2.29 bits per heavy atom. The Labute approximate surface area is 98.7 Å². The predicted octanol–water partition coefficient (Wildman–Crippen LogP) is -0.764. The summed E-state index contributed by atoms with van der Waals surface area (Å²) in [7, 11) is 0. The first-order valence-electron chi connectivity index (χ1n) is 5.61. The van der Waals surface area contributed by atoms with Gasteiger partial charge in [0, 0.05) is 26.2 Å². The number of aromatic nitrogens is 2. The molecule has 0 aliphatic carbocycles. The third-order valence-electron chi connectivity index (χ3n) is 2.87. The van der Waals surface area contributed by atoms with E-state index < -0.39 is 5.54 Å². The van der Waals surface area contributed by atoms with Gasteiger partial charge < -0.3 is 20.3 Å². The zero-order valence-electron chi connectivity index (χ0n) is 9.52. The number of hydrogen-bond acceptors (Lipinski definition) is 6. The van der Waals surface area contributed by atoms with Crippen molar-refractivity contribution in [2.45, 2.75) is 24.8 Å². The summed E-state index contributed by atoms with van der Waals surface area (Å²) < 4.78 is 10.0. The molecule has 2 heterocycles. The second kappa shape index (κ2) is 5.24. The van der Waals surface area contributed by atoms with Gasteiger partial charge in [0.2, 0.25) is 11.8 Å². The molecule has 3 N–H and O–H groups in total. The first kappa shape index (κ1) is 12.0. The predicted molar refractivity (Wildman–Crippen MR) is 58.0 cm³/mol. The first-order valence-corrected chi connectivity index (χ1v) is 5.61. The minimum Gasteiger partial charge on any atom is -0.381 e. The Morgan fingerprint density at radius 1 is 1.53 bits per heavy atom. The summed E-state index contributed by atoms with van der Waals surface area (Å²) in [6.07, 6.45) is 2.96. The molecule has 0 bridgehead atoms. The van der Waals surface area contributed by atoms with E-state index in [1.165, 1.54) is 6.33 Å². The van der Waals surface area contributed by atoms with Crippen molar-refractivity contribution in [3.8, 4) is 0 Å². The zero-order chi connectivity index (χ0) is 12.1. The Kier molecular flexibility index (Phi) is 3.70. The number of hydrogen-bond donors (Lipinski definition) is 2. The van der Waals surface area contributed by atoms with Crippen LogP contribution in [0.4, 0.5) is 0 Å².